The number of hydrogen-bond donors (Lipinski definition) is 0. The number of aromatic nitrogens is 4. The van der Waals surface area contributed by atoms with Gasteiger partial charge in [-0.15, -0.1) is 10.2 Å². The minimum Gasteiger partial charge on any atom is -0.493 e. The Labute approximate surface area is 213 Å². The lowest BCUT2D eigenvalue weighted by atomic mass is 9.73. The van der Waals surface area contributed by atoms with Crippen LogP contribution in [0.2, 0.25) is 5.02 Å². The van der Waals surface area contributed by atoms with Crippen LogP contribution in [-0.4, -0.2) is 63.5 Å². The summed E-state index contributed by atoms with van der Waals surface area (Å²) in [5, 5.41) is 19.5. The van der Waals surface area contributed by atoms with Gasteiger partial charge < -0.3 is 14.5 Å². The van der Waals surface area contributed by atoms with Crippen LogP contribution >= 0.6 is 11.6 Å². The zero-order valence-electron chi connectivity index (χ0n) is 20.4. The molecule has 6 rings (SSSR count). The average Bonchev–Trinajstić information content (AvgIpc) is 3.12. The summed E-state index contributed by atoms with van der Waals surface area (Å²) in [4.78, 5) is 10.7. The standard InChI is InChI=1S/C25H26ClFN8O/c1-24(2,11-28)34-9-16-6-17(26)4-5-19(16)35-21(10-34)30-31-23(35)33-14-25(15-33)12-32(13-25)22-20(36-3)7-18(27)8-29-22/h4-8H,9-10,12-15H2,1-3H3. The van der Waals surface area contributed by atoms with Crippen LogP contribution < -0.4 is 14.5 Å². The molecule has 0 aliphatic carbocycles. The van der Waals surface area contributed by atoms with Crippen molar-refractivity contribution in [3.05, 3.63) is 52.7 Å². The molecule has 3 aliphatic heterocycles. The average molecular weight is 509 g/mol. The van der Waals surface area contributed by atoms with Crippen LogP contribution in [0.4, 0.5) is 16.2 Å². The number of ether oxygens (including phenoxy) is 1. The van der Waals surface area contributed by atoms with Gasteiger partial charge in [-0.1, -0.05) is 11.6 Å². The van der Waals surface area contributed by atoms with Crippen molar-refractivity contribution in [3.8, 4) is 17.5 Å². The normalized spacial score (nSPS) is 18.6. The molecular formula is C25H26ClFN8O. The van der Waals surface area contributed by atoms with Crippen LogP contribution in [0.25, 0.3) is 5.69 Å². The van der Waals surface area contributed by atoms with Gasteiger partial charge >= 0.3 is 0 Å². The maximum Gasteiger partial charge on any atom is 0.231 e. The fourth-order valence-corrected chi connectivity index (χ4v) is 5.67. The maximum atomic E-state index is 13.6. The van der Waals surface area contributed by atoms with Crippen molar-refractivity contribution in [1.82, 2.24) is 24.6 Å². The third kappa shape index (κ3) is 3.57. The van der Waals surface area contributed by atoms with E-state index in [1.165, 1.54) is 19.4 Å². The van der Waals surface area contributed by atoms with Crippen molar-refractivity contribution >= 4 is 23.4 Å². The molecule has 2 fully saturated rings. The third-order valence-electron chi connectivity index (χ3n) is 7.46. The summed E-state index contributed by atoms with van der Waals surface area (Å²) in [6.07, 6.45) is 1.22. The molecule has 3 aliphatic rings. The molecule has 0 atom stereocenters. The van der Waals surface area contributed by atoms with Crippen molar-refractivity contribution in [2.24, 2.45) is 5.41 Å². The first kappa shape index (κ1) is 23.0. The highest BCUT2D eigenvalue weighted by Crippen LogP contribution is 2.45. The first-order valence-corrected chi connectivity index (χ1v) is 12.2. The summed E-state index contributed by atoms with van der Waals surface area (Å²) in [7, 11) is 1.53. The van der Waals surface area contributed by atoms with E-state index in [4.69, 9.17) is 16.3 Å². The Balaban J connectivity index is 1.25. The van der Waals surface area contributed by atoms with Crippen LogP contribution in [0.15, 0.2) is 30.5 Å². The fraction of sp³-hybridized carbons (Fsp3) is 0.440. The number of nitrogens with zero attached hydrogens (tertiary/aromatic N) is 8. The van der Waals surface area contributed by atoms with Gasteiger partial charge in [0.15, 0.2) is 17.4 Å². The molecule has 11 heteroatoms. The molecule has 0 amide bonds. The van der Waals surface area contributed by atoms with Gasteiger partial charge in [0.25, 0.3) is 0 Å². The second kappa shape index (κ2) is 8.05. The lowest BCUT2D eigenvalue weighted by Gasteiger charge is -2.60. The molecule has 0 radical (unpaired) electrons. The summed E-state index contributed by atoms with van der Waals surface area (Å²) in [5.41, 5.74) is 1.47. The van der Waals surface area contributed by atoms with Crippen LogP contribution in [0.5, 0.6) is 5.75 Å². The lowest BCUT2D eigenvalue weighted by molar-refractivity contribution is 0.147. The van der Waals surface area contributed by atoms with Gasteiger partial charge in [0.1, 0.15) is 11.4 Å². The van der Waals surface area contributed by atoms with Crippen molar-refractivity contribution in [1.29, 1.82) is 5.26 Å². The minimum absolute atomic E-state index is 0.121. The second-order valence-corrected chi connectivity index (χ2v) is 10.9. The Hall–Kier alpha value is -3.42. The van der Waals surface area contributed by atoms with E-state index in [9.17, 15) is 9.65 Å². The van der Waals surface area contributed by atoms with Gasteiger partial charge in [-0.25, -0.2) is 9.37 Å². The monoisotopic (exact) mass is 508 g/mol. The predicted octanol–water partition coefficient (Wildman–Crippen LogP) is 3.41. The number of fused-ring (bicyclic) bond motifs is 3. The Kier molecular flexibility index (Phi) is 5.14. The molecule has 5 heterocycles. The number of benzene rings is 1. The Morgan fingerprint density at radius 3 is 2.58 bits per heavy atom. The Morgan fingerprint density at radius 2 is 1.86 bits per heavy atom. The number of methoxy groups -OCH3 is 1. The zero-order chi connectivity index (χ0) is 25.2. The van der Waals surface area contributed by atoms with E-state index >= 15 is 0 Å². The van der Waals surface area contributed by atoms with Gasteiger partial charge in [0.05, 0.1) is 31.6 Å². The molecule has 0 N–H and O–H groups in total. The van der Waals surface area contributed by atoms with Gasteiger partial charge in [-0.2, -0.15) is 5.26 Å². The largest absolute Gasteiger partial charge is 0.493 e. The topological polar surface area (TPSA) is 86.3 Å². The van der Waals surface area contributed by atoms with Crippen molar-refractivity contribution in [2.45, 2.75) is 32.5 Å². The number of rotatable bonds is 4. The molecule has 3 aromatic rings. The van der Waals surface area contributed by atoms with E-state index in [1.54, 1.807) is 0 Å². The molecule has 36 heavy (non-hydrogen) atoms. The number of hydrogen-bond acceptors (Lipinski definition) is 8. The number of pyridine rings is 1. The highest BCUT2D eigenvalue weighted by atomic mass is 35.5. The number of anilines is 2. The van der Waals surface area contributed by atoms with E-state index in [-0.39, 0.29) is 5.41 Å². The van der Waals surface area contributed by atoms with E-state index < -0.39 is 11.4 Å². The van der Waals surface area contributed by atoms with Gasteiger partial charge in [-0.3, -0.25) is 9.47 Å². The van der Waals surface area contributed by atoms with Crippen molar-refractivity contribution < 1.29 is 9.13 Å². The Bertz CT molecular complexity index is 1390. The summed E-state index contributed by atoms with van der Waals surface area (Å²) < 4.78 is 21.0. The summed E-state index contributed by atoms with van der Waals surface area (Å²) in [5.74, 6) is 2.30. The van der Waals surface area contributed by atoms with Crippen LogP contribution in [0.3, 0.4) is 0 Å². The summed E-state index contributed by atoms with van der Waals surface area (Å²) in [6, 6.07) is 9.62. The Morgan fingerprint density at radius 1 is 1.11 bits per heavy atom. The first-order chi connectivity index (χ1) is 17.2. The number of halogens is 2. The molecule has 2 aromatic heterocycles. The van der Waals surface area contributed by atoms with Gasteiger partial charge in [0.2, 0.25) is 5.95 Å². The van der Waals surface area contributed by atoms with E-state index in [0.29, 0.717) is 29.7 Å². The second-order valence-electron chi connectivity index (χ2n) is 10.4. The first-order valence-electron chi connectivity index (χ1n) is 11.8. The molecule has 0 saturated carbocycles. The smallest absolute Gasteiger partial charge is 0.231 e. The highest BCUT2D eigenvalue weighted by Gasteiger charge is 2.54. The third-order valence-corrected chi connectivity index (χ3v) is 7.70. The van der Waals surface area contributed by atoms with E-state index in [2.05, 4.69) is 40.5 Å². The highest BCUT2D eigenvalue weighted by molar-refractivity contribution is 6.30. The van der Waals surface area contributed by atoms with Crippen LogP contribution in [-0.2, 0) is 13.1 Å². The molecule has 0 unspecified atom stereocenters. The van der Waals surface area contributed by atoms with Crippen molar-refractivity contribution in [3.63, 3.8) is 0 Å². The molecule has 1 spiro atoms. The number of nitriles is 1. The van der Waals surface area contributed by atoms with Crippen LogP contribution in [0.1, 0.15) is 25.2 Å². The molecule has 1 aromatic carbocycles. The molecule has 2 saturated heterocycles. The molecule has 9 nitrogen and oxygen atoms in total. The van der Waals surface area contributed by atoms with Crippen molar-refractivity contribution in [2.75, 3.05) is 43.1 Å². The minimum atomic E-state index is -0.674. The molecule has 0 bridgehead atoms. The molecular weight excluding hydrogens is 483 g/mol. The SMILES string of the molecule is COc1cc(F)cnc1N1CC2(C1)CN(c1nnc3n1-c1ccc(Cl)cc1CN(C(C)(C)C#N)C3)C2. The van der Waals surface area contributed by atoms with Gasteiger partial charge in [0, 0.05) is 49.2 Å². The maximum absolute atomic E-state index is 13.6. The van der Waals surface area contributed by atoms with Crippen LogP contribution in [0, 0.1) is 22.6 Å². The molecule has 186 valence electrons. The quantitative estimate of drug-likeness (QED) is 0.530. The lowest BCUT2D eigenvalue weighted by Crippen LogP contribution is -2.73. The zero-order valence-corrected chi connectivity index (χ0v) is 21.1. The summed E-state index contributed by atoms with van der Waals surface area (Å²) >= 11 is 6.35. The summed E-state index contributed by atoms with van der Waals surface area (Å²) in [6.45, 7) is 8.22. The van der Waals surface area contributed by atoms with Gasteiger partial charge in [-0.05, 0) is 37.6 Å². The fourth-order valence-electron chi connectivity index (χ4n) is 5.48. The van der Waals surface area contributed by atoms with E-state index in [0.717, 1.165) is 49.2 Å². The predicted molar refractivity (Wildman–Crippen MR) is 133 cm³/mol. The van der Waals surface area contributed by atoms with E-state index in [1.807, 2.05) is 32.0 Å².